The van der Waals surface area contributed by atoms with Crippen molar-refractivity contribution in [2.45, 2.75) is 0 Å². The number of hydrogen-bond acceptors (Lipinski definition) is 4. The molecule has 6 heteroatoms. The molecule has 2 aromatic heterocycles. The zero-order chi connectivity index (χ0) is 19.6. The van der Waals surface area contributed by atoms with Gasteiger partial charge in [0.05, 0.1) is 22.8 Å². The maximum absolute atomic E-state index is 13.1. The average Bonchev–Trinajstić information content (AvgIpc) is 3.18. The molecule has 2 N–H and O–H groups in total. The van der Waals surface area contributed by atoms with Crippen LogP contribution in [-0.2, 0) is 0 Å². The van der Waals surface area contributed by atoms with Gasteiger partial charge in [0.25, 0.3) is 5.56 Å². The topological polar surface area (TPSA) is 75.1 Å². The van der Waals surface area contributed by atoms with Crippen LogP contribution in [0.25, 0.3) is 27.5 Å². The number of rotatable bonds is 4. The van der Waals surface area contributed by atoms with Crippen LogP contribution in [0.3, 0.4) is 0 Å². The van der Waals surface area contributed by atoms with Crippen molar-refractivity contribution in [1.29, 1.82) is 0 Å². The Hall–Kier alpha value is -4.19. The number of para-hydroxylation sites is 3. The van der Waals surface area contributed by atoms with E-state index in [1.54, 1.807) is 12.3 Å². The fourth-order valence-electron chi connectivity index (χ4n) is 3.38. The van der Waals surface area contributed by atoms with E-state index in [0.717, 1.165) is 22.2 Å². The maximum atomic E-state index is 13.1. The van der Waals surface area contributed by atoms with Gasteiger partial charge in [-0.05, 0) is 30.3 Å². The second-order valence-electron chi connectivity index (χ2n) is 6.59. The summed E-state index contributed by atoms with van der Waals surface area (Å²) < 4.78 is 1.54. The average molecular weight is 379 g/mol. The summed E-state index contributed by atoms with van der Waals surface area (Å²) in [5, 5.41) is 5.98. The molecule has 0 bridgehead atoms. The molecule has 0 fully saturated rings. The second-order valence-corrected chi connectivity index (χ2v) is 6.59. The number of hydrazone groups is 1. The van der Waals surface area contributed by atoms with E-state index in [1.165, 1.54) is 4.57 Å². The molecule has 0 aliphatic carbocycles. The Labute approximate surface area is 166 Å². The standard InChI is InChI=1S/C23H17N5O/c29-22-19-11-5-7-13-21(19)26-23(28(22)17-8-2-1-3-9-17)27-25-15-16-14-24-20-12-6-4-10-18(16)20/h1-15,24H,(H,26,27)/b25-15+. The Bertz CT molecular complexity index is 1400. The van der Waals surface area contributed by atoms with Crippen LogP contribution in [0.4, 0.5) is 5.95 Å². The van der Waals surface area contributed by atoms with Crippen LogP contribution in [-0.4, -0.2) is 20.7 Å². The lowest BCUT2D eigenvalue weighted by atomic mass is 10.2. The van der Waals surface area contributed by atoms with Crippen LogP contribution in [0.2, 0.25) is 0 Å². The minimum atomic E-state index is -0.147. The Morgan fingerprint density at radius 2 is 1.62 bits per heavy atom. The summed E-state index contributed by atoms with van der Waals surface area (Å²) in [7, 11) is 0. The van der Waals surface area contributed by atoms with E-state index >= 15 is 0 Å². The first-order valence-electron chi connectivity index (χ1n) is 9.24. The van der Waals surface area contributed by atoms with Gasteiger partial charge in [0, 0.05) is 22.7 Å². The largest absolute Gasteiger partial charge is 0.361 e. The van der Waals surface area contributed by atoms with E-state index in [9.17, 15) is 4.79 Å². The Morgan fingerprint density at radius 3 is 2.48 bits per heavy atom. The lowest BCUT2D eigenvalue weighted by molar-refractivity contribution is 0.956. The molecule has 29 heavy (non-hydrogen) atoms. The third kappa shape index (κ3) is 3.06. The number of nitrogens with zero attached hydrogens (tertiary/aromatic N) is 3. The first kappa shape index (κ1) is 16.9. The zero-order valence-electron chi connectivity index (χ0n) is 15.4. The van der Waals surface area contributed by atoms with Crippen molar-refractivity contribution >= 4 is 34.0 Å². The van der Waals surface area contributed by atoms with Gasteiger partial charge >= 0.3 is 0 Å². The van der Waals surface area contributed by atoms with Crippen molar-refractivity contribution in [3.05, 3.63) is 101 Å². The first-order chi connectivity index (χ1) is 14.3. The lowest BCUT2D eigenvalue weighted by Crippen LogP contribution is -2.22. The summed E-state index contributed by atoms with van der Waals surface area (Å²) in [5.74, 6) is 0.357. The van der Waals surface area contributed by atoms with E-state index in [2.05, 4.69) is 20.5 Å². The van der Waals surface area contributed by atoms with E-state index in [4.69, 9.17) is 0 Å². The lowest BCUT2D eigenvalue weighted by Gasteiger charge is -2.12. The SMILES string of the molecule is O=c1c2ccccc2nc(N/N=C/c2c[nH]c3ccccc23)n1-c1ccccc1. The summed E-state index contributed by atoms with van der Waals surface area (Å²) in [6.45, 7) is 0. The highest BCUT2D eigenvalue weighted by atomic mass is 16.1. The van der Waals surface area contributed by atoms with E-state index < -0.39 is 0 Å². The fourth-order valence-corrected chi connectivity index (χ4v) is 3.38. The normalized spacial score (nSPS) is 11.4. The highest BCUT2D eigenvalue weighted by Gasteiger charge is 2.12. The first-order valence-corrected chi connectivity index (χ1v) is 9.24. The molecule has 0 spiro atoms. The van der Waals surface area contributed by atoms with Crippen molar-refractivity contribution in [2.75, 3.05) is 5.43 Å². The highest BCUT2D eigenvalue weighted by molar-refractivity contribution is 5.99. The summed E-state index contributed by atoms with van der Waals surface area (Å²) in [5.41, 5.74) is 6.14. The van der Waals surface area contributed by atoms with E-state index in [-0.39, 0.29) is 5.56 Å². The van der Waals surface area contributed by atoms with Gasteiger partial charge in [0.2, 0.25) is 5.95 Å². The van der Waals surface area contributed by atoms with Gasteiger partial charge < -0.3 is 4.98 Å². The smallest absolute Gasteiger partial charge is 0.267 e. The molecule has 5 aromatic rings. The summed E-state index contributed by atoms with van der Waals surface area (Å²) in [6.07, 6.45) is 3.61. The molecule has 0 radical (unpaired) electrons. The molecule has 6 nitrogen and oxygen atoms in total. The maximum Gasteiger partial charge on any atom is 0.267 e. The number of hydrogen-bond donors (Lipinski definition) is 2. The van der Waals surface area contributed by atoms with Gasteiger partial charge in [-0.15, -0.1) is 0 Å². The van der Waals surface area contributed by atoms with Gasteiger partial charge in [0.1, 0.15) is 0 Å². The predicted molar refractivity (Wildman–Crippen MR) is 117 cm³/mol. The molecule has 0 aliphatic rings. The molecule has 0 aliphatic heterocycles. The summed E-state index contributed by atoms with van der Waals surface area (Å²) in [4.78, 5) is 21.0. The third-order valence-corrected chi connectivity index (χ3v) is 4.78. The Morgan fingerprint density at radius 1 is 0.897 bits per heavy atom. The predicted octanol–water partition coefficient (Wildman–Crippen LogP) is 4.31. The fraction of sp³-hybridized carbons (Fsp3) is 0. The molecule has 0 unspecified atom stereocenters. The molecule has 2 heterocycles. The third-order valence-electron chi connectivity index (χ3n) is 4.78. The number of aromatic nitrogens is 3. The molecule has 0 saturated heterocycles. The van der Waals surface area contributed by atoms with Crippen LogP contribution in [0, 0.1) is 0 Å². The zero-order valence-corrected chi connectivity index (χ0v) is 15.4. The number of nitrogens with one attached hydrogen (secondary N) is 2. The van der Waals surface area contributed by atoms with Crippen molar-refractivity contribution in [3.8, 4) is 5.69 Å². The molecule has 0 saturated carbocycles. The van der Waals surface area contributed by atoms with Gasteiger partial charge in [-0.2, -0.15) is 5.10 Å². The van der Waals surface area contributed by atoms with Gasteiger partial charge in [-0.25, -0.2) is 15.0 Å². The summed E-state index contributed by atoms with van der Waals surface area (Å²) in [6, 6.07) is 24.7. The van der Waals surface area contributed by atoms with Gasteiger partial charge in [-0.3, -0.25) is 4.79 Å². The minimum absolute atomic E-state index is 0.147. The van der Waals surface area contributed by atoms with Gasteiger partial charge in [-0.1, -0.05) is 48.5 Å². The molecule has 0 amide bonds. The second kappa shape index (κ2) is 7.09. The molecule has 3 aromatic carbocycles. The molecule has 140 valence electrons. The number of aromatic amines is 1. The Balaban J connectivity index is 1.59. The van der Waals surface area contributed by atoms with Crippen molar-refractivity contribution in [3.63, 3.8) is 0 Å². The Kier molecular flexibility index (Phi) is 4.14. The quantitative estimate of drug-likeness (QED) is 0.361. The van der Waals surface area contributed by atoms with Crippen LogP contribution in [0.15, 0.2) is 95.0 Å². The van der Waals surface area contributed by atoms with Crippen LogP contribution in [0.1, 0.15) is 5.56 Å². The molecule has 0 atom stereocenters. The van der Waals surface area contributed by atoms with Crippen LogP contribution >= 0.6 is 0 Å². The molecular weight excluding hydrogens is 362 g/mol. The van der Waals surface area contributed by atoms with Gasteiger partial charge in [0.15, 0.2) is 0 Å². The van der Waals surface area contributed by atoms with Crippen molar-refractivity contribution in [2.24, 2.45) is 5.10 Å². The van der Waals surface area contributed by atoms with E-state index in [1.807, 2.05) is 79.0 Å². The minimum Gasteiger partial charge on any atom is -0.361 e. The monoisotopic (exact) mass is 379 g/mol. The van der Waals surface area contributed by atoms with Crippen molar-refractivity contribution in [1.82, 2.24) is 14.5 Å². The molecule has 5 rings (SSSR count). The number of anilines is 1. The van der Waals surface area contributed by atoms with Crippen LogP contribution in [0.5, 0.6) is 0 Å². The van der Waals surface area contributed by atoms with Crippen LogP contribution < -0.4 is 11.0 Å². The number of H-pyrrole nitrogens is 1. The number of fused-ring (bicyclic) bond motifs is 2. The van der Waals surface area contributed by atoms with Crippen molar-refractivity contribution < 1.29 is 0 Å². The highest BCUT2D eigenvalue weighted by Crippen LogP contribution is 2.18. The summed E-state index contributed by atoms with van der Waals surface area (Å²) >= 11 is 0. The number of benzene rings is 3. The van der Waals surface area contributed by atoms with E-state index in [0.29, 0.717) is 16.9 Å². The molecular formula is C23H17N5O.